The second kappa shape index (κ2) is 11.8. The molecule has 188 valence electrons. The van der Waals surface area contributed by atoms with E-state index in [1.54, 1.807) is 24.3 Å². The lowest BCUT2D eigenvalue weighted by atomic mass is 10.1. The molecule has 0 aliphatic rings. The summed E-state index contributed by atoms with van der Waals surface area (Å²) in [5.41, 5.74) is 0.801. The Morgan fingerprint density at radius 1 is 0.943 bits per heavy atom. The zero-order valence-electron chi connectivity index (χ0n) is 18.6. The molecule has 1 unspecified atom stereocenters. The number of aryl methyl sites for hydroxylation is 1. The number of rotatable bonds is 12. The molecule has 0 spiro atoms. The van der Waals surface area contributed by atoms with Crippen LogP contribution in [-0.4, -0.2) is 54.3 Å². The number of aromatic hydroxyl groups is 2. The number of ether oxygens (including phenoxy) is 1. The highest BCUT2D eigenvalue weighted by Crippen LogP contribution is 2.30. The molecule has 35 heavy (non-hydrogen) atoms. The van der Waals surface area contributed by atoms with E-state index in [0.717, 1.165) is 29.8 Å². The SMILES string of the molecule is O=S(=O)(Nc1cc(OCC(O)CN[C@@H](O)CCc2ccc(O)cc2)ccc1O)c1ccc(F)cc1. The van der Waals surface area contributed by atoms with Gasteiger partial charge in [-0.3, -0.25) is 10.0 Å². The Morgan fingerprint density at radius 2 is 1.63 bits per heavy atom. The Labute approximate surface area is 202 Å². The van der Waals surface area contributed by atoms with Gasteiger partial charge in [-0.1, -0.05) is 12.1 Å². The van der Waals surface area contributed by atoms with E-state index in [1.807, 2.05) is 0 Å². The summed E-state index contributed by atoms with van der Waals surface area (Å²) in [6.07, 6.45) is -0.870. The summed E-state index contributed by atoms with van der Waals surface area (Å²) in [4.78, 5) is -0.185. The standard InChI is InChI=1S/C24H27FN2O7S/c25-17-4-9-21(10-5-17)35(32,33)27-22-13-20(8-11-23(22)30)34-15-19(29)14-26-24(31)12-3-16-1-6-18(28)7-2-16/h1-2,4-11,13,19,24,26-31H,3,12,14-15H2/t19?,24-/m0/s1. The van der Waals surface area contributed by atoms with Crippen molar-refractivity contribution in [1.82, 2.24) is 5.32 Å². The molecule has 3 aromatic rings. The molecule has 9 nitrogen and oxygen atoms in total. The van der Waals surface area contributed by atoms with Crippen molar-refractivity contribution in [3.8, 4) is 17.2 Å². The van der Waals surface area contributed by atoms with Gasteiger partial charge in [0.2, 0.25) is 0 Å². The number of nitrogens with one attached hydrogen (secondary N) is 2. The molecular weight excluding hydrogens is 479 g/mol. The van der Waals surface area contributed by atoms with E-state index >= 15 is 0 Å². The number of hydrogen-bond donors (Lipinski definition) is 6. The molecule has 0 radical (unpaired) electrons. The Hall–Kier alpha value is -3.38. The molecule has 0 heterocycles. The van der Waals surface area contributed by atoms with Gasteiger partial charge >= 0.3 is 0 Å². The van der Waals surface area contributed by atoms with E-state index in [2.05, 4.69) is 10.0 Å². The van der Waals surface area contributed by atoms with Gasteiger partial charge in [-0.05, 0) is 66.9 Å². The number of sulfonamides is 1. The van der Waals surface area contributed by atoms with Crippen molar-refractivity contribution in [2.24, 2.45) is 0 Å². The lowest BCUT2D eigenvalue weighted by Crippen LogP contribution is -2.38. The molecule has 6 N–H and O–H groups in total. The van der Waals surface area contributed by atoms with Crippen molar-refractivity contribution in [3.05, 3.63) is 78.1 Å². The quantitative estimate of drug-likeness (QED) is 0.162. The third-order valence-corrected chi connectivity index (χ3v) is 6.39. The smallest absolute Gasteiger partial charge is 0.262 e. The van der Waals surface area contributed by atoms with E-state index in [1.165, 1.54) is 18.2 Å². The average Bonchev–Trinajstić information content (AvgIpc) is 2.83. The fourth-order valence-electron chi connectivity index (χ4n) is 3.10. The van der Waals surface area contributed by atoms with Crippen LogP contribution >= 0.6 is 0 Å². The largest absolute Gasteiger partial charge is 0.508 e. The maximum Gasteiger partial charge on any atom is 0.262 e. The van der Waals surface area contributed by atoms with Gasteiger partial charge < -0.3 is 25.2 Å². The summed E-state index contributed by atoms with van der Waals surface area (Å²) in [5.74, 6) is -0.574. The molecule has 0 aliphatic carbocycles. The Morgan fingerprint density at radius 3 is 2.31 bits per heavy atom. The molecular formula is C24H27FN2O7S. The van der Waals surface area contributed by atoms with Crippen molar-refractivity contribution in [2.75, 3.05) is 17.9 Å². The number of benzene rings is 3. The molecule has 3 rings (SSSR count). The van der Waals surface area contributed by atoms with Crippen LogP contribution in [0.4, 0.5) is 10.1 Å². The second-order valence-corrected chi connectivity index (χ2v) is 9.51. The monoisotopic (exact) mass is 506 g/mol. The Balaban J connectivity index is 1.48. The molecule has 0 amide bonds. The van der Waals surface area contributed by atoms with Crippen LogP contribution in [0.1, 0.15) is 12.0 Å². The lowest BCUT2D eigenvalue weighted by molar-refractivity contribution is 0.0712. The van der Waals surface area contributed by atoms with E-state index < -0.39 is 28.2 Å². The van der Waals surface area contributed by atoms with Crippen molar-refractivity contribution in [2.45, 2.75) is 30.1 Å². The Kier molecular flexibility index (Phi) is 8.88. The van der Waals surface area contributed by atoms with Crippen molar-refractivity contribution in [1.29, 1.82) is 0 Å². The van der Waals surface area contributed by atoms with Gasteiger partial charge in [-0.2, -0.15) is 0 Å². The van der Waals surface area contributed by atoms with Gasteiger partial charge in [0, 0.05) is 12.6 Å². The third kappa shape index (κ3) is 8.11. The van der Waals surface area contributed by atoms with Gasteiger partial charge in [-0.25, -0.2) is 12.8 Å². The molecule has 2 atom stereocenters. The van der Waals surface area contributed by atoms with Crippen LogP contribution in [0.5, 0.6) is 17.2 Å². The van der Waals surface area contributed by atoms with Crippen molar-refractivity contribution < 1.29 is 38.0 Å². The zero-order chi connectivity index (χ0) is 25.4. The topological polar surface area (TPSA) is 148 Å². The molecule has 0 aromatic heterocycles. The minimum Gasteiger partial charge on any atom is -0.508 e. The normalized spacial score (nSPS) is 13.2. The van der Waals surface area contributed by atoms with E-state index in [0.29, 0.717) is 12.8 Å². The average molecular weight is 507 g/mol. The van der Waals surface area contributed by atoms with Crippen LogP contribution < -0.4 is 14.8 Å². The van der Waals surface area contributed by atoms with Crippen LogP contribution in [0.15, 0.2) is 71.6 Å². The fourth-order valence-corrected chi connectivity index (χ4v) is 4.16. The second-order valence-electron chi connectivity index (χ2n) is 7.83. The minimum atomic E-state index is -4.08. The number of halogens is 1. The number of aliphatic hydroxyl groups excluding tert-OH is 2. The number of aliphatic hydroxyl groups is 2. The summed E-state index contributed by atoms with van der Waals surface area (Å²) in [7, 11) is -4.08. The van der Waals surface area contributed by atoms with Gasteiger partial charge in [0.05, 0.1) is 10.6 Å². The summed E-state index contributed by atoms with van der Waals surface area (Å²) < 4.78 is 45.7. The van der Waals surface area contributed by atoms with Crippen LogP contribution in [-0.2, 0) is 16.4 Å². The first kappa shape index (κ1) is 26.2. The van der Waals surface area contributed by atoms with Crippen molar-refractivity contribution >= 4 is 15.7 Å². The predicted molar refractivity (Wildman–Crippen MR) is 127 cm³/mol. The van der Waals surface area contributed by atoms with E-state index in [4.69, 9.17) is 4.74 Å². The fraction of sp³-hybridized carbons (Fsp3) is 0.250. The van der Waals surface area contributed by atoms with E-state index in [-0.39, 0.29) is 41.0 Å². The number of phenolic OH excluding ortho intramolecular Hbond substituents is 2. The molecule has 3 aromatic carbocycles. The highest BCUT2D eigenvalue weighted by atomic mass is 32.2. The summed E-state index contributed by atoms with van der Waals surface area (Å²) in [5, 5.41) is 42.3. The van der Waals surface area contributed by atoms with Gasteiger partial charge in [0.25, 0.3) is 10.0 Å². The molecule has 0 saturated carbocycles. The predicted octanol–water partition coefficient (Wildman–Crippen LogP) is 2.32. The van der Waals surface area contributed by atoms with Crippen LogP contribution in [0, 0.1) is 5.82 Å². The van der Waals surface area contributed by atoms with Crippen LogP contribution in [0.3, 0.4) is 0 Å². The van der Waals surface area contributed by atoms with Gasteiger partial charge in [0.1, 0.15) is 42.0 Å². The highest BCUT2D eigenvalue weighted by Gasteiger charge is 2.17. The first-order valence-corrected chi connectivity index (χ1v) is 12.2. The summed E-state index contributed by atoms with van der Waals surface area (Å²) in [6.45, 7) is -0.120. The molecule has 0 bridgehead atoms. The third-order valence-electron chi connectivity index (χ3n) is 5.01. The minimum absolute atomic E-state index is 0.0406. The molecule has 0 aliphatic heterocycles. The first-order chi connectivity index (χ1) is 16.6. The van der Waals surface area contributed by atoms with Crippen LogP contribution in [0.2, 0.25) is 0 Å². The highest BCUT2D eigenvalue weighted by molar-refractivity contribution is 7.92. The molecule has 0 fully saturated rings. The first-order valence-electron chi connectivity index (χ1n) is 10.7. The lowest BCUT2D eigenvalue weighted by Gasteiger charge is -2.17. The summed E-state index contributed by atoms with van der Waals surface area (Å²) in [6, 6.07) is 14.7. The summed E-state index contributed by atoms with van der Waals surface area (Å²) >= 11 is 0. The zero-order valence-corrected chi connectivity index (χ0v) is 19.5. The molecule has 0 saturated heterocycles. The number of hydrogen-bond acceptors (Lipinski definition) is 8. The maximum absolute atomic E-state index is 13.1. The number of anilines is 1. The Bertz CT molecular complexity index is 1210. The number of phenols is 2. The molecule has 11 heteroatoms. The van der Waals surface area contributed by atoms with Crippen molar-refractivity contribution in [3.63, 3.8) is 0 Å². The maximum atomic E-state index is 13.1. The van der Waals surface area contributed by atoms with Crippen LogP contribution in [0.25, 0.3) is 0 Å². The van der Waals surface area contributed by atoms with Gasteiger partial charge in [-0.15, -0.1) is 0 Å². The van der Waals surface area contributed by atoms with E-state index in [9.17, 15) is 33.2 Å². The van der Waals surface area contributed by atoms with Gasteiger partial charge in [0.15, 0.2) is 0 Å².